The topological polar surface area (TPSA) is 49.6 Å². The second-order valence-corrected chi connectivity index (χ2v) is 4.95. The fourth-order valence-electron chi connectivity index (χ4n) is 1.83. The van der Waals surface area contributed by atoms with E-state index in [4.69, 9.17) is 0 Å². The Morgan fingerprint density at radius 1 is 0.952 bits per heavy atom. The first-order valence-electron chi connectivity index (χ1n) is 6.27. The van der Waals surface area contributed by atoms with Crippen molar-refractivity contribution in [2.45, 2.75) is 0 Å². The van der Waals surface area contributed by atoms with E-state index in [0.717, 1.165) is 10.4 Å². The molecule has 0 fully saturated rings. The Bertz CT molecular complexity index is 850. The first-order chi connectivity index (χ1) is 10.4. The van der Waals surface area contributed by atoms with Gasteiger partial charge in [-0.2, -0.15) is 9.64 Å². The van der Waals surface area contributed by atoms with Crippen molar-refractivity contribution in [2.24, 2.45) is 0 Å². The van der Waals surface area contributed by atoms with Gasteiger partial charge in [-0.15, -0.1) is 0 Å². The molecule has 0 spiro atoms. The highest BCUT2D eigenvalue weighted by Gasteiger charge is 2.13. The summed E-state index contributed by atoms with van der Waals surface area (Å²) in [6.45, 7) is 0. The number of nitriles is 1. The van der Waals surface area contributed by atoms with E-state index in [2.05, 4.69) is 27.3 Å². The zero-order valence-corrected chi connectivity index (χ0v) is 11.8. The third-order valence-electron chi connectivity index (χ3n) is 2.81. The summed E-state index contributed by atoms with van der Waals surface area (Å²) in [5.41, 5.74) is 2.68. The second kappa shape index (κ2) is 6.00. The third-order valence-corrected chi connectivity index (χ3v) is 3.71. The number of nitrogens with zero attached hydrogens (tertiary/aromatic N) is 3. The fourth-order valence-corrected chi connectivity index (χ4v) is 2.62. The predicted molar refractivity (Wildman–Crippen MR) is 82.5 cm³/mol. The molecule has 0 amide bonds. The van der Waals surface area contributed by atoms with Gasteiger partial charge in [0.15, 0.2) is 0 Å². The van der Waals surface area contributed by atoms with E-state index >= 15 is 0 Å². The van der Waals surface area contributed by atoms with Crippen LogP contribution in [0.2, 0.25) is 0 Å². The van der Waals surface area contributed by atoms with Crippen molar-refractivity contribution in [3.8, 4) is 28.4 Å². The highest BCUT2D eigenvalue weighted by atomic mass is 32.1. The largest absolute Gasteiger partial charge is 0.248 e. The molecule has 0 saturated heterocycles. The summed E-state index contributed by atoms with van der Waals surface area (Å²) in [7, 11) is 0. The Morgan fingerprint density at radius 3 is 2.48 bits per heavy atom. The van der Waals surface area contributed by atoms with Crippen molar-refractivity contribution in [3.05, 3.63) is 71.7 Å². The molecule has 98 valence electrons. The van der Waals surface area contributed by atoms with Crippen LogP contribution in [0.25, 0.3) is 10.4 Å². The smallest absolute Gasteiger partial charge is 0.145 e. The molecule has 0 atom stereocenters. The average molecular weight is 287 g/mol. The van der Waals surface area contributed by atoms with Gasteiger partial charge in [0.2, 0.25) is 0 Å². The van der Waals surface area contributed by atoms with E-state index in [9.17, 15) is 5.26 Å². The lowest BCUT2D eigenvalue weighted by molar-refractivity contribution is 1.29. The molecular formula is C17H9N3S. The quantitative estimate of drug-likeness (QED) is 0.644. The summed E-state index contributed by atoms with van der Waals surface area (Å²) < 4.78 is 4.30. The molecule has 0 bridgehead atoms. The fraction of sp³-hybridized carbons (Fsp3) is 0. The minimum atomic E-state index is 0.506. The van der Waals surface area contributed by atoms with Crippen LogP contribution in [0.3, 0.4) is 0 Å². The molecule has 3 rings (SSSR count). The Hall–Kier alpha value is -2.95. The van der Waals surface area contributed by atoms with Gasteiger partial charge in [0.1, 0.15) is 23.0 Å². The molecule has 0 N–H and O–H groups in total. The van der Waals surface area contributed by atoms with Crippen LogP contribution in [-0.4, -0.2) is 9.36 Å². The molecule has 0 aliphatic heterocycles. The number of rotatable bonds is 1. The van der Waals surface area contributed by atoms with Crippen LogP contribution < -0.4 is 0 Å². The Kier molecular flexibility index (Phi) is 3.73. The lowest BCUT2D eigenvalue weighted by Crippen LogP contribution is -1.83. The highest BCUT2D eigenvalue weighted by molar-refractivity contribution is 7.10. The van der Waals surface area contributed by atoms with Crippen LogP contribution in [0, 0.1) is 23.2 Å². The first-order valence-corrected chi connectivity index (χ1v) is 7.04. The van der Waals surface area contributed by atoms with Crippen molar-refractivity contribution >= 4 is 11.5 Å². The number of hydrogen-bond acceptors (Lipinski definition) is 4. The minimum Gasteiger partial charge on any atom is -0.248 e. The number of pyridine rings is 1. The summed E-state index contributed by atoms with van der Waals surface area (Å²) in [5.74, 6) is 5.87. The maximum atomic E-state index is 9.38. The average Bonchev–Trinajstić information content (AvgIpc) is 2.97. The van der Waals surface area contributed by atoms with E-state index < -0.39 is 0 Å². The lowest BCUT2D eigenvalue weighted by Gasteiger charge is -1.95. The van der Waals surface area contributed by atoms with Crippen molar-refractivity contribution < 1.29 is 0 Å². The molecule has 0 aliphatic rings. The van der Waals surface area contributed by atoms with E-state index in [0.29, 0.717) is 17.0 Å². The maximum absolute atomic E-state index is 9.38. The Labute approximate surface area is 126 Å². The normalized spacial score (nSPS) is 9.48. The van der Waals surface area contributed by atoms with Crippen molar-refractivity contribution in [2.75, 3.05) is 0 Å². The van der Waals surface area contributed by atoms with Gasteiger partial charge in [-0.1, -0.05) is 36.4 Å². The first kappa shape index (κ1) is 13.1. The Balaban J connectivity index is 2.01. The van der Waals surface area contributed by atoms with Gasteiger partial charge >= 0.3 is 0 Å². The van der Waals surface area contributed by atoms with Crippen LogP contribution in [0.1, 0.15) is 17.0 Å². The summed E-state index contributed by atoms with van der Waals surface area (Å²) in [4.78, 5) is 4.98. The molecule has 3 aromatic rings. The van der Waals surface area contributed by atoms with Gasteiger partial charge in [0.05, 0.1) is 4.88 Å². The standard InChI is InChI=1S/C17H9N3S/c18-12-15-16(10-9-14-8-4-5-11-19-14)20-21-17(15)13-6-2-1-3-7-13/h1-8,11H. The van der Waals surface area contributed by atoms with Crippen LogP contribution in [0.5, 0.6) is 0 Å². The molecule has 0 unspecified atom stereocenters. The van der Waals surface area contributed by atoms with Crippen LogP contribution in [-0.2, 0) is 0 Å². The zero-order valence-electron chi connectivity index (χ0n) is 10.9. The predicted octanol–water partition coefficient (Wildman–Crippen LogP) is 3.48. The van der Waals surface area contributed by atoms with Crippen LogP contribution in [0.4, 0.5) is 0 Å². The molecule has 0 aliphatic carbocycles. The minimum absolute atomic E-state index is 0.506. The van der Waals surface area contributed by atoms with Gasteiger partial charge < -0.3 is 0 Å². The highest BCUT2D eigenvalue weighted by Crippen LogP contribution is 2.29. The van der Waals surface area contributed by atoms with Gasteiger partial charge in [-0.05, 0) is 41.1 Å². The summed E-state index contributed by atoms with van der Waals surface area (Å²) in [6, 6.07) is 17.5. The third kappa shape index (κ3) is 2.81. The summed E-state index contributed by atoms with van der Waals surface area (Å²) in [6.07, 6.45) is 1.69. The second-order valence-electron chi connectivity index (χ2n) is 4.18. The van der Waals surface area contributed by atoms with Crippen molar-refractivity contribution in [1.82, 2.24) is 9.36 Å². The molecule has 0 saturated carbocycles. The molecule has 0 radical (unpaired) electrons. The summed E-state index contributed by atoms with van der Waals surface area (Å²) in [5, 5.41) is 9.38. The van der Waals surface area contributed by atoms with Gasteiger partial charge in [-0.25, -0.2) is 4.98 Å². The lowest BCUT2D eigenvalue weighted by atomic mass is 10.1. The van der Waals surface area contributed by atoms with Gasteiger partial charge in [0.25, 0.3) is 0 Å². The van der Waals surface area contributed by atoms with E-state index in [1.807, 2.05) is 48.5 Å². The molecule has 2 heterocycles. The number of aromatic nitrogens is 2. The molecule has 3 nitrogen and oxygen atoms in total. The maximum Gasteiger partial charge on any atom is 0.145 e. The van der Waals surface area contributed by atoms with Crippen molar-refractivity contribution in [3.63, 3.8) is 0 Å². The van der Waals surface area contributed by atoms with Gasteiger partial charge in [0, 0.05) is 6.20 Å². The SMILES string of the molecule is N#Cc1c(C#Cc2ccccn2)nsc1-c1ccccc1. The molecular weight excluding hydrogens is 278 g/mol. The van der Waals surface area contributed by atoms with E-state index in [1.165, 1.54) is 11.5 Å². The van der Waals surface area contributed by atoms with Crippen molar-refractivity contribution in [1.29, 1.82) is 5.26 Å². The number of hydrogen-bond donors (Lipinski definition) is 0. The number of benzene rings is 1. The molecule has 4 heteroatoms. The van der Waals surface area contributed by atoms with Crippen LogP contribution >= 0.6 is 11.5 Å². The van der Waals surface area contributed by atoms with E-state index in [1.54, 1.807) is 6.20 Å². The van der Waals surface area contributed by atoms with Crippen LogP contribution in [0.15, 0.2) is 54.7 Å². The molecule has 2 aromatic heterocycles. The molecule has 1 aromatic carbocycles. The monoisotopic (exact) mass is 287 g/mol. The van der Waals surface area contributed by atoms with Gasteiger partial charge in [-0.3, -0.25) is 0 Å². The molecule has 21 heavy (non-hydrogen) atoms. The van der Waals surface area contributed by atoms with E-state index in [-0.39, 0.29) is 0 Å². The zero-order chi connectivity index (χ0) is 14.5. The summed E-state index contributed by atoms with van der Waals surface area (Å²) >= 11 is 1.29. The Morgan fingerprint density at radius 2 is 1.76 bits per heavy atom.